The van der Waals surface area contributed by atoms with Crippen molar-refractivity contribution in [2.24, 2.45) is 5.92 Å². The topological polar surface area (TPSA) is 40.6 Å². The van der Waals surface area contributed by atoms with Gasteiger partial charge in [-0.3, -0.25) is 9.59 Å². The largest absolute Gasteiger partial charge is 0.341 e. The third-order valence-corrected chi connectivity index (χ3v) is 4.52. The Morgan fingerprint density at radius 2 is 1.73 bits per heavy atom. The van der Waals surface area contributed by atoms with Crippen LogP contribution in [-0.4, -0.2) is 36.3 Å². The molecule has 1 heterocycles. The molecule has 0 atom stereocenters. The molecule has 0 aliphatic carbocycles. The Bertz CT molecular complexity index is 540. The zero-order valence-corrected chi connectivity index (χ0v) is 14.1. The fourth-order valence-electron chi connectivity index (χ4n) is 3.07. The van der Waals surface area contributed by atoms with Gasteiger partial charge in [-0.25, -0.2) is 0 Å². The number of benzene rings is 1. The molecule has 0 N–H and O–H groups in total. The van der Waals surface area contributed by atoms with Gasteiger partial charge in [0.2, 0.25) is 11.8 Å². The smallest absolute Gasteiger partial charge is 0.242 e. The minimum absolute atomic E-state index is 0.0461. The van der Waals surface area contributed by atoms with Crippen LogP contribution in [0.25, 0.3) is 0 Å². The van der Waals surface area contributed by atoms with Crippen LogP contribution in [0.5, 0.6) is 0 Å². The van der Waals surface area contributed by atoms with E-state index in [1.165, 1.54) is 6.92 Å². The van der Waals surface area contributed by atoms with Gasteiger partial charge in [0.15, 0.2) is 0 Å². The molecule has 1 aromatic carbocycles. The Labute approximate surface area is 133 Å². The lowest BCUT2D eigenvalue weighted by atomic mass is 9.99. The average Bonchev–Trinajstić information content (AvgIpc) is 2.46. The van der Waals surface area contributed by atoms with Crippen LogP contribution in [0.15, 0.2) is 18.2 Å². The van der Waals surface area contributed by atoms with Crippen LogP contribution < -0.4 is 4.90 Å². The average molecular weight is 302 g/mol. The number of carbonyl (C=O) groups is 2. The van der Waals surface area contributed by atoms with E-state index in [1.807, 2.05) is 36.9 Å². The molecule has 0 unspecified atom stereocenters. The lowest BCUT2D eigenvalue weighted by molar-refractivity contribution is -0.132. The number of piperidine rings is 1. The first-order valence-corrected chi connectivity index (χ1v) is 8.02. The Balaban J connectivity index is 2.16. The SMILES string of the molecule is CC(=O)N(CC(=O)N1CCC(C)CC1)c1c(C)cccc1C. The van der Waals surface area contributed by atoms with Crippen LogP contribution in [0.3, 0.4) is 0 Å². The highest BCUT2D eigenvalue weighted by molar-refractivity contribution is 5.98. The number of anilines is 1. The van der Waals surface area contributed by atoms with Crippen LogP contribution in [0.1, 0.15) is 37.8 Å². The summed E-state index contributed by atoms with van der Waals surface area (Å²) < 4.78 is 0. The molecule has 1 aromatic rings. The van der Waals surface area contributed by atoms with Gasteiger partial charge in [-0.05, 0) is 43.7 Å². The van der Waals surface area contributed by atoms with Crippen molar-refractivity contribution in [2.45, 2.75) is 40.5 Å². The van der Waals surface area contributed by atoms with Gasteiger partial charge in [-0.15, -0.1) is 0 Å². The second-order valence-corrected chi connectivity index (χ2v) is 6.41. The van der Waals surface area contributed by atoms with Gasteiger partial charge in [-0.1, -0.05) is 25.1 Å². The molecule has 1 aliphatic rings. The summed E-state index contributed by atoms with van der Waals surface area (Å²) in [5.74, 6) is 0.646. The first-order chi connectivity index (χ1) is 10.4. The molecule has 0 spiro atoms. The predicted octanol–water partition coefficient (Wildman–Crippen LogP) is 2.91. The molecule has 22 heavy (non-hydrogen) atoms. The third-order valence-electron chi connectivity index (χ3n) is 4.52. The molecule has 120 valence electrons. The number of amides is 2. The van der Waals surface area contributed by atoms with Gasteiger partial charge in [-0.2, -0.15) is 0 Å². The standard InChI is InChI=1S/C18H26N2O2/c1-13-8-10-19(11-9-13)17(22)12-20(16(4)21)18-14(2)6-5-7-15(18)3/h5-7,13H,8-12H2,1-4H3. The summed E-state index contributed by atoms with van der Waals surface area (Å²) in [5.41, 5.74) is 2.92. The highest BCUT2D eigenvalue weighted by atomic mass is 16.2. The van der Waals surface area contributed by atoms with Gasteiger partial charge < -0.3 is 9.80 Å². The van der Waals surface area contributed by atoms with E-state index in [4.69, 9.17) is 0 Å². The highest BCUT2D eigenvalue weighted by Gasteiger charge is 2.25. The summed E-state index contributed by atoms with van der Waals surface area (Å²) in [6.45, 7) is 9.45. The second-order valence-electron chi connectivity index (χ2n) is 6.41. The van der Waals surface area contributed by atoms with Crippen LogP contribution in [0, 0.1) is 19.8 Å². The highest BCUT2D eigenvalue weighted by Crippen LogP contribution is 2.25. The van der Waals surface area contributed by atoms with Gasteiger partial charge in [0, 0.05) is 20.0 Å². The third kappa shape index (κ3) is 3.67. The molecule has 0 bridgehead atoms. The van der Waals surface area contributed by atoms with Crippen molar-refractivity contribution < 1.29 is 9.59 Å². The zero-order chi connectivity index (χ0) is 16.3. The monoisotopic (exact) mass is 302 g/mol. The number of aryl methyl sites for hydroxylation is 2. The quantitative estimate of drug-likeness (QED) is 0.861. The van der Waals surface area contributed by atoms with E-state index in [1.54, 1.807) is 4.90 Å². The molecule has 0 saturated carbocycles. The van der Waals surface area contributed by atoms with Gasteiger partial charge in [0.05, 0.1) is 5.69 Å². The summed E-state index contributed by atoms with van der Waals surface area (Å²) >= 11 is 0. The maximum atomic E-state index is 12.5. The summed E-state index contributed by atoms with van der Waals surface area (Å²) in [5, 5.41) is 0. The molecule has 1 fully saturated rings. The molecule has 0 radical (unpaired) electrons. The fourth-order valence-corrected chi connectivity index (χ4v) is 3.07. The van der Waals surface area contributed by atoms with E-state index in [0.29, 0.717) is 5.92 Å². The maximum Gasteiger partial charge on any atom is 0.242 e. The first-order valence-electron chi connectivity index (χ1n) is 8.02. The van der Waals surface area contributed by atoms with Crippen molar-refractivity contribution in [2.75, 3.05) is 24.5 Å². The van der Waals surface area contributed by atoms with Gasteiger partial charge >= 0.3 is 0 Å². The van der Waals surface area contributed by atoms with Crippen LogP contribution >= 0.6 is 0 Å². The van der Waals surface area contributed by atoms with E-state index >= 15 is 0 Å². The number of hydrogen-bond donors (Lipinski definition) is 0. The number of carbonyl (C=O) groups excluding carboxylic acids is 2. The van der Waals surface area contributed by atoms with Crippen LogP contribution in [0.2, 0.25) is 0 Å². The van der Waals surface area contributed by atoms with Crippen molar-refractivity contribution in [3.63, 3.8) is 0 Å². The summed E-state index contributed by atoms with van der Waals surface area (Å²) in [6.07, 6.45) is 2.10. The van der Waals surface area contributed by atoms with E-state index in [9.17, 15) is 9.59 Å². The number of rotatable bonds is 3. The van der Waals surface area contributed by atoms with Crippen molar-refractivity contribution >= 4 is 17.5 Å². The summed E-state index contributed by atoms with van der Waals surface area (Å²) in [4.78, 5) is 28.1. The predicted molar refractivity (Wildman–Crippen MR) is 88.9 cm³/mol. The second kappa shape index (κ2) is 6.95. The van der Waals surface area contributed by atoms with Crippen molar-refractivity contribution in [1.82, 2.24) is 4.90 Å². The number of likely N-dealkylation sites (tertiary alicyclic amines) is 1. The van der Waals surface area contributed by atoms with E-state index in [0.717, 1.165) is 42.7 Å². The minimum Gasteiger partial charge on any atom is -0.341 e. The Morgan fingerprint density at radius 1 is 1.18 bits per heavy atom. The minimum atomic E-state index is -0.0869. The van der Waals surface area contributed by atoms with Crippen LogP contribution in [0.4, 0.5) is 5.69 Å². The Morgan fingerprint density at radius 3 is 2.23 bits per heavy atom. The molecule has 2 rings (SSSR count). The van der Waals surface area contributed by atoms with E-state index in [-0.39, 0.29) is 18.4 Å². The summed E-state index contributed by atoms with van der Waals surface area (Å²) in [7, 11) is 0. The van der Waals surface area contributed by atoms with Crippen LogP contribution in [-0.2, 0) is 9.59 Å². The van der Waals surface area contributed by atoms with Crippen molar-refractivity contribution in [1.29, 1.82) is 0 Å². The van der Waals surface area contributed by atoms with E-state index in [2.05, 4.69) is 6.92 Å². The molecule has 4 heteroatoms. The van der Waals surface area contributed by atoms with Gasteiger partial charge in [0.25, 0.3) is 0 Å². The molecule has 2 amide bonds. The normalized spacial score (nSPS) is 15.7. The lowest BCUT2D eigenvalue weighted by Crippen LogP contribution is -2.45. The summed E-state index contributed by atoms with van der Waals surface area (Å²) in [6, 6.07) is 5.93. The Kier molecular flexibility index (Phi) is 5.22. The molecule has 0 aromatic heterocycles. The van der Waals surface area contributed by atoms with Crippen molar-refractivity contribution in [3.05, 3.63) is 29.3 Å². The van der Waals surface area contributed by atoms with E-state index < -0.39 is 0 Å². The maximum absolute atomic E-state index is 12.5. The molecular weight excluding hydrogens is 276 g/mol. The number of para-hydroxylation sites is 1. The number of hydrogen-bond acceptors (Lipinski definition) is 2. The molecule has 1 saturated heterocycles. The zero-order valence-electron chi connectivity index (χ0n) is 14.1. The number of nitrogens with zero attached hydrogens (tertiary/aromatic N) is 2. The molecular formula is C18H26N2O2. The first kappa shape index (κ1) is 16.5. The molecule has 4 nitrogen and oxygen atoms in total. The van der Waals surface area contributed by atoms with Gasteiger partial charge in [0.1, 0.15) is 6.54 Å². The fraction of sp³-hybridized carbons (Fsp3) is 0.556. The molecule has 1 aliphatic heterocycles. The Hall–Kier alpha value is -1.84. The lowest BCUT2D eigenvalue weighted by Gasteiger charge is -2.33. The van der Waals surface area contributed by atoms with Crippen molar-refractivity contribution in [3.8, 4) is 0 Å².